The summed E-state index contributed by atoms with van der Waals surface area (Å²) in [5.41, 5.74) is 1.49. The predicted molar refractivity (Wildman–Crippen MR) is 88.8 cm³/mol. The molecule has 4 nitrogen and oxygen atoms in total. The highest BCUT2D eigenvalue weighted by Gasteiger charge is 2.21. The lowest BCUT2D eigenvalue weighted by Crippen LogP contribution is -2.31. The second kappa shape index (κ2) is 9.20. The largest absolute Gasteiger partial charge is 0.497 e. The van der Waals surface area contributed by atoms with Gasteiger partial charge in [-0.3, -0.25) is 4.79 Å². The zero-order valence-electron chi connectivity index (χ0n) is 12.4. The molecule has 0 fully saturated rings. The molecule has 0 saturated carbocycles. The highest BCUT2D eigenvalue weighted by atomic mass is 35.5. The van der Waals surface area contributed by atoms with E-state index in [4.69, 9.17) is 9.84 Å². The molecular weight excluding hydrogens is 302 g/mol. The second-order valence-corrected chi connectivity index (χ2v) is 4.61. The summed E-state index contributed by atoms with van der Waals surface area (Å²) in [5.74, 6) is 0.684. The Hall–Kier alpha value is -1.88. The SMILES string of the molecule is COc1ccc(C(=O)C(NCCO)c2ccccc2)cc1.Cl. The van der Waals surface area contributed by atoms with Gasteiger partial charge >= 0.3 is 0 Å². The standard InChI is InChI=1S/C17H19NO3.ClH/c1-21-15-9-7-14(8-10-15)17(20)16(18-11-12-19)13-5-3-2-4-6-13;/h2-10,16,18-19H,11-12H2,1H3;1H. The fraction of sp³-hybridized carbons (Fsp3) is 0.235. The Morgan fingerprint density at radius 3 is 2.32 bits per heavy atom. The Morgan fingerprint density at radius 1 is 1.14 bits per heavy atom. The maximum absolute atomic E-state index is 12.7. The summed E-state index contributed by atoms with van der Waals surface area (Å²) in [6.45, 7) is 0.348. The fourth-order valence-corrected chi connectivity index (χ4v) is 2.14. The lowest BCUT2D eigenvalue weighted by molar-refractivity contribution is 0.0940. The van der Waals surface area contributed by atoms with Crippen molar-refractivity contribution in [3.05, 3.63) is 65.7 Å². The van der Waals surface area contributed by atoms with Crippen LogP contribution < -0.4 is 10.1 Å². The smallest absolute Gasteiger partial charge is 0.184 e. The van der Waals surface area contributed by atoms with E-state index in [0.29, 0.717) is 17.9 Å². The van der Waals surface area contributed by atoms with Crippen molar-refractivity contribution in [3.8, 4) is 5.75 Å². The van der Waals surface area contributed by atoms with Gasteiger partial charge in [0.15, 0.2) is 5.78 Å². The van der Waals surface area contributed by atoms with Crippen molar-refractivity contribution in [2.45, 2.75) is 6.04 Å². The molecule has 0 radical (unpaired) electrons. The number of hydrogen-bond donors (Lipinski definition) is 2. The van der Waals surface area contributed by atoms with Gasteiger partial charge in [-0.1, -0.05) is 30.3 Å². The molecule has 0 amide bonds. The lowest BCUT2D eigenvalue weighted by Gasteiger charge is -2.18. The molecule has 1 unspecified atom stereocenters. The number of halogens is 1. The summed E-state index contributed by atoms with van der Waals surface area (Å²) >= 11 is 0. The van der Waals surface area contributed by atoms with E-state index in [9.17, 15) is 4.79 Å². The summed E-state index contributed by atoms with van der Waals surface area (Å²) in [4.78, 5) is 12.7. The average Bonchev–Trinajstić information content (AvgIpc) is 2.56. The number of carbonyl (C=O) groups is 1. The Balaban J connectivity index is 0.00000242. The number of benzene rings is 2. The molecule has 0 aliphatic rings. The van der Waals surface area contributed by atoms with Crippen LogP contribution >= 0.6 is 12.4 Å². The van der Waals surface area contributed by atoms with Gasteiger partial charge < -0.3 is 15.2 Å². The third kappa shape index (κ3) is 4.56. The van der Waals surface area contributed by atoms with Crippen molar-refractivity contribution in [2.24, 2.45) is 0 Å². The summed E-state index contributed by atoms with van der Waals surface area (Å²) in [6, 6.07) is 16.1. The van der Waals surface area contributed by atoms with Gasteiger partial charge in [0, 0.05) is 12.1 Å². The Kier molecular flexibility index (Phi) is 7.60. The number of Topliss-reactive ketones (excluding diaryl/α,β-unsaturated/α-hetero) is 1. The Morgan fingerprint density at radius 2 is 1.77 bits per heavy atom. The molecule has 118 valence electrons. The molecular formula is C17H20ClNO3. The predicted octanol–water partition coefficient (Wildman–Crippen LogP) is 2.62. The van der Waals surface area contributed by atoms with Gasteiger partial charge in [-0.15, -0.1) is 12.4 Å². The van der Waals surface area contributed by atoms with E-state index in [1.54, 1.807) is 31.4 Å². The molecule has 0 bridgehead atoms. The average molecular weight is 322 g/mol. The molecule has 22 heavy (non-hydrogen) atoms. The number of carbonyl (C=O) groups excluding carboxylic acids is 1. The molecule has 2 aromatic carbocycles. The summed E-state index contributed by atoms with van der Waals surface area (Å²) in [5, 5.41) is 12.1. The monoisotopic (exact) mass is 321 g/mol. The summed E-state index contributed by atoms with van der Waals surface area (Å²) < 4.78 is 5.10. The van der Waals surface area contributed by atoms with Gasteiger partial charge in [0.05, 0.1) is 19.8 Å². The topological polar surface area (TPSA) is 58.6 Å². The molecule has 0 spiro atoms. The lowest BCUT2D eigenvalue weighted by atomic mass is 9.97. The van der Waals surface area contributed by atoms with Crippen molar-refractivity contribution in [1.82, 2.24) is 5.32 Å². The van der Waals surface area contributed by atoms with Gasteiger partial charge in [0.2, 0.25) is 0 Å². The van der Waals surface area contributed by atoms with Crippen molar-refractivity contribution in [1.29, 1.82) is 0 Å². The number of methoxy groups -OCH3 is 1. The van der Waals surface area contributed by atoms with Crippen LogP contribution in [0.25, 0.3) is 0 Å². The molecule has 2 N–H and O–H groups in total. The van der Waals surface area contributed by atoms with E-state index < -0.39 is 6.04 Å². The molecule has 0 aromatic heterocycles. The first-order valence-electron chi connectivity index (χ1n) is 6.83. The Labute approximate surface area is 136 Å². The molecule has 2 rings (SSSR count). The van der Waals surface area contributed by atoms with Crippen LogP contribution in [0.3, 0.4) is 0 Å². The van der Waals surface area contributed by atoms with Crippen LogP contribution in [0.4, 0.5) is 0 Å². The second-order valence-electron chi connectivity index (χ2n) is 4.61. The fourth-order valence-electron chi connectivity index (χ4n) is 2.14. The quantitative estimate of drug-likeness (QED) is 0.770. The minimum Gasteiger partial charge on any atom is -0.497 e. The van der Waals surface area contributed by atoms with E-state index in [1.165, 1.54) is 0 Å². The van der Waals surface area contributed by atoms with Crippen LogP contribution in [0.15, 0.2) is 54.6 Å². The number of aliphatic hydroxyl groups is 1. The number of hydrogen-bond acceptors (Lipinski definition) is 4. The molecule has 0 aliphatic carbocycles. The molecule has 1 atom stereocenters. The maximum Gasteiger partial charge on any atom is 0.184 e. The summed E-state index contributed by atoms with van der Waals surface area (Å²) in [7, 11) is 1.59. The van der Waals surface area contributed by atoms with E-state index in [2.05, 4.69) is 5.32 Å². The van der Waals surface area contributed by atoms with Crippen molar-refractivity contribution in [3.63, 3.8) is 0 Å². The first-order chi connectivity index (χ1) is 10.3. The van der Waals surface area contributed by atoms with Crippen LogP contribution in [0.1, 0.15) is 22.0 Å². The number of ketones is 1. The van der Waals surface area contributed by atoms with Crippen molar-refractivity contribution in [2.75, 3.05) is 20.3 Å². The molecule has 0 saturated heterocycles. The Bertz CT molecular complexity index is 572. The normalized spacial score (nSPS) is 11.4. The molecule has 5 heteroatoms. The highest BCUT2D eigenvalue weighted by molar-refractivity contribution is 6.00. The highest BCUT2D eigenvalue weighted by Crippen LogP contribution is 2.20. The number of nitrogens with one attached hydrogen (secondary N) is 1. The van der Waals surface area contributed by atoms with Crippen molar-refractivity contribution < 1.29 is 14.6 Å². The zero-order valence-corrected chi connectivity index (χ0v) is 13.2. The maximum atomic E-state index is 12.7. The number of rotatable bonds is 7. The van der Waals surface area contributed by atoms with E-state index in [-0.39, 0.29) is 24.8 Å². The van der Waals surface area contributed by atoms with Gasteiger partial charge in [-0.2, -0.15) is 0 Å². The minimum absolute atomic E-state index is 0. The zero-order chi connectivity index (χ0) is 15.1. The summed E-state index contributed by atoms with van der Waals surface area (Å²) in [6.07, 6.45) is 0. The third-order valence-electron chi connectivity index (χ3n) is 3.23. The first kappa shape index (κ1) is 18.2. The van der Waals surface area contributed by atoms with Gasteiger partial charge in [0.25, 0.3) is 0 Å². The van der Waals surface area contributed by atoms with Crippen LogP contribution in [-0.4, -0.2) is 31.2 Å². The van der Waals surface area contributed by atoms with Crippen LogP contribution in [-0.2, 0) is 0 Å². The van der Waals surface area contributed by atoms with Gasteiger partial charge in [-0.05, 0) is 29.8 Å². The van der Waals surface area contributed by atoms with E-state index >= 15 is 0 Å². The van der Waals surface area contributed by atoms with Crippen LogP contribution in [0.2, 0.25) is 0 Å². The van der Waals surface area contributed by atoms with Crippen LogP contribution in [0.5, 0.6) is 5.75 Å². The molecule has 2 aromatic rings. The van der Waals surface area contributed by atoms with E-state index in [0.717, 1.165) is 5.56 Å². The third-order valence-corrected chi connectivity index (χ3v) is 3.23. The van der Waals surface area contributed by atoms with E-state index in [1.807, 2.05) is 30.3 Å². The first-order valence-corrected chi connectivity index (χ1v) is 6.83. The van der Waals surface area contributed by atoms with Crippen molar-refractivity contribution >= 4 is 18.2 Å². The molecule has 0 aliphatic heterocycles. The van der Waals surface area contributed by atoms with Gasteiger partial charge in [-0.25, -0.2) is 0 Å². The minimum atomic E-state index is -0.466. The number of ether oxygens (including phenoxy) is 1. The number of aliphatic hydroxyl groups excluding tert-OH is 1. The van der Waals surface area contributed by atoms with Gasteiger partial charge in [0.1, 0.15) is 5.75 Å². The molecule has 0 heterocycles. The van der Waals surface area contributed by atoms with Crippen LogP contribution in [0, 0.1) is 0 Å².